The summed E-state index contributed by atoms with van der Waals surface area (Å²) in [6, 6.07) is 0.525. The first-order valence-corrected chi connectivity index (χ1v) is 5.87. The Morgan fingerprint density at radius 2 is 2.25 bits per heavy atom. The first-order valence-electron chi connectivity index (χ1n) is 4.07. The molecule has 0 aliphatic carbocycles. The summed E-state index contributed by atoms with van der Waals surface area (Å²) in [5.74, 6) is 1.19. The van der Waals surface area contributed by atoms with Gasteiger partial charge in [0.15, 0.2) is 5.11 Å². The Morgan fingerprint density at radius 1 is 1.67 bits per heavy atom. The second-order valence-electron chi connectivity index (χ2n) is 2.80. The molecule has 0 aliphatic heterocycles. The van der Waals surface area contributed by atoms with Crippen molar-refractivity contribution in [3.63, 3.8) is 0 Å². The molecule has 4 heteroatoms. The maximum atomic E-state index is 5.11. The second-order valence-corrected chi connectivity index (χ2v) is 4.17. The van der Waals surface area contributed by atoms with Gasteiger partial charge in [-0.15, -0.1) is 0 Å². The van der Waals surface area contributed by atoms with Crippen molar-refractivity contribution < 1.29 is 0 Å². The molecule has 0 saturated carbocycles. The Kier molecular flexibility index (Phi) is 6.57. The Hall–Kier alpha value is 0.0400. The third-order valence-electron chi connectivity index (χ3n) is 1.94. The van der Waals surface area contributed by atoms with E-state index in [9.17, 15) is 0 Å². The van der Waals surface area contributed by atoms with Gasteiger partial charge in [0.05, 0.1) is 0 Å². The van der Waals surface area contributed by atoms with Gasteiger partial charge in [0.2, 0.25) is 0 Å². The standard InChI is InChI=1S/C8H18N2S2/c1-7(5-6-12-4)10(3)8(11)9-2/h7H,5-6H2,1-4H3,(H,9,11). The van der Waals surface area contributed by atoms with E-state index in [1.54, 1.807) is 0 Å². The Balaban J connectivity index is 3.75. The van der Waals surface area contributed by atoms with Crippen LogP contribution in [0.4, 0.5) is 0 Å². The molecule has 0 amide bonds. The molecule has 2 nitrogen and oxygen atoms in total. The molecule has 1 unspecified atom stereocenters. The molecule has 12 heavy (non-hydrogen) atoms. The highest BCUT2D eigenvalue weighted by Gasteiger charge is 2.09. The van der Waals surface area contributed by atoms with Crippen molar-refractivity contribution in [2.24, 2.45) is 0 Å². The molecule has 72 valence electrons. The van der Waals surface area contributed by atoms with Crippen LogP contribution in [-0.4, -0.2) is 42.2 Å². The summed E-state index contributed by atoms with van der Waals surface area (Å²) in [6.45, 7) is 2.19. The lowest BCUT2D eigenvalue weighted by molar-refractivity contribution is 0.380. The highest BCUT2D eigenvalue weighted by molar-refractivity contribution is 7.98. The molecule has 0 fully saturated rings. The molecule has 0 aromatic heterocycles. The number of rotatable bonds is 4. The summed E-state index contributed by atoms with van der Waals surface area (Å²) in [4.78, 5) is 2.10. The fourth-order valence-electron chi connectivity index (χ4n) is 0.859. The van der Waals surface area contributed by atoms with Gasteiger partial charge in [-0.1, -0.05) is 0 Å². The van der Waals surface area contributed by atoms with E-state index in [0.717, 1.165) is 5.11 Å². The van der Waals surface area contributed by atoms with Gasteiger partial charge >= 0.3 is 0 Å². The zero-order valence-electron chi connectivity index (χ0n) is 8.26. The Labute approximate surface area is 85.1 Å². The van der Waals surface area contributed by atoms with E-state index in [2.05, 4.69) is 23.4 Å². The van der Waals surface area contributed by atoms with E-state index in [0.29, 0.717) is 6.04 Å². The normalized spacial score (nSPS) is 12.3. The fraction of sp³-hybridized carbons (Fsp3) is 0.875. The monoisotopic (exact) mass is 206 g/mol. The van der Waals surface area contributed by atoms with Gasteiger partial charge in [-0.05, 0) is 37.6 Å². The summed E-state index contributed by atoms with van der Waals surface area (Å²) in [5.41, 5.74) is 0. The van der Waals surface area contributed by atoms with Crippen LogP contribution in [0.1, 0.15) is 13.3 Å². The Bertz CT molecular complexity index is 139. The zero-order valence-corrected chi connectivity index (χ0v) is 9.89. The van der Waals surface area contributed by atoms with E-state index in [4.69, 9.17) is 12.2 Å². The highest BCUT2D eigenvalue weighted by atomic mass is 32.2. The van der Waals surface area contributed by atoms with Crippen LogP contribution in [0.3, 0.4) is 0 Å². The molecule has 0 heterocycles. The first kappa shape index (κ1) is 12.0. The van der Waals surface area contributed by atoms with Crippen molar-refractivity contribution in [3.05, 3.63) is 0 Å². The Morgan fingerprint density at radius 3 is 2.67 bits per heavy atom. The van der Waals surface area contributed by atoms with E-state index in [1.165, 1.54) is 12.2 Å². The average Bonchev–Trinajstić information content (AvgIpc) is 2.11. The van der Waals surface area contributed by atoms with Gasteiger partial charge in [0.1, 0.15) is 0 Å². The van der Waals surface area contributed by atoms with E-state index in [-0.39, 0.29) is 0 Å². The summed E-state index contributed by atoms with van der Waals surface area (Å²) in [7, 11) is 3.89. The SMILES string of the molecule is CNC(=S)N(C)C(C)CCSC. The van der Waals surface area contributed by atoms with Crippen LogP contribution >= 0.6 is 24.0 Å². The van der Waals surface area contributed by atoms with Crippen LogP contribution in [0.25, 0.3) is 0 Å². The number of thiocarbonyl (C=S) groups is 1. The van der Waals surface area contributed by atoms with Crippen LogP contribution in [0, 0.1) is 0 Å². The zero-order chi connectivity index (χ0) is 9.56. The lowest BCUT2D eigenvalue weighted by Crippen LogP contribution is -2.40. The summed E-state index contributed by atoms with van der Waals surface area (Å²) >= 11 is 6.99. The van der Waals surface area contributed by atoms with Crippen molar-refractivity contribution in [2.45, 2.75) is 19.4 Å². The average molecular weight is 206 g/mol. The largest absolute Gasteiger partial charge is 0.366 e. The number of hydrogen-bond acceptors (Lipinski definition) is 2. The van der Waals surface area contributed by atoms with E-state index >= 15 is 0 Å². The summed E-state index contributed by atoms with van der Waals surface area (Å²) in [6.07, 6.45) is 3.31. The van der Waals surface area contributed by atoms with E-state index < -0.39 is 0 Å². The van der Waals surface area contributed by atoms with Crippen molar-refractivity contribution in [2.75, 3.05) is 26.1 Å². The molecule has 0 radical (unpaired) electrons. The fourth-order valence-corrected chi connectivity index (χ4v) is 1.62. The van der Waals surface area contributed by atoms with Crippen molar-refractivity contribution in [3.8, 4) is 0 Å². The van der Waals surface area contributed by atoms with Gasteiger partial charge < -0.3 is 10.2 Å². The van der Waals surface area contributed by atoms with Crippen LogP contribution < -0.4 is 5.32 Å². The predicted molar refractivity (Wildman–Crippen MR) is 61.9 cm³/mol. The van der Waals surface area contributed by atoms with Crippen LogP contribution in [0.2, 0.25) is 0 Å². The molecule has 0 spiro atoms. The molecule has 0 bridgehead atoms. The van der Waals surface area contributed by atoms with Crippen molar-refractivity contribution >= 4 is 29.1 Å². The maximum Gasteiger partial charge on any atom is 0.168 e. The minimum atomic E-state index is 0.525. The maximum absolute atomic E-state index is 5.11. The number of hydrogen-bond donors (Lipinski definition) is 1. The lowest BCUT2D eigenvalue weighted by Gasteiger charge is -2.26. The van der Waals surface area contributed by atoms with Gasteiger partial charge in [-0.3, -0.25) is 0 Å². The highest BCUT2D eigenvalue weighted by Crippen LogP contribution is 2.05. The number of nitrogens with zero attached hydrogens (tertiary/aromatic N) is 1. The van der Waals surface area contributed by atoms with Gasteiger partial charge in [-0.2, -0.15) is 11.8 Å². The molecule has 0 aliphatic rings. The minimum Gasteiger partial charge on any atom is -0.366 e. The lowest BCUT2D eigenvalue weighted by atomic mass is 10.2. The van der Waals surface area contributed by atoms with Gasteiger partial charge in [0.25, 0.3) is 0 Å². The number of nitrogens with one attached hydrogen (secondary N) is 1. The van der Waals surface area contributed by atoms with Crippen LogP contribution in [-0.2, 0) is 0 Å². The summed E-state index contributed by atoms with van der Waals surface area (Å²) in [5, 5.41) is 3.80. The van der Waals surface area contributed by atoms with Gasteiger partial charge in [0, 0.05) is 20.1 Å². The molecule has 0 aromatic carbocycles. The first-order chi connectivity index (χ1) is 5.63. The topological polar surface area (TPSA) is 15.3 Å². The van der Waals surface area contributed by atoms with Crippen LogP contribution in [0.15, 0.2) is 0 Å². The number of thioether (sulfide) groups is 1. The second kappa shape index (κ2) is 6.54. The van der Waals surface area contributed by atoms with Crippen LogP contribution in [0.5, 0.6) is 0 Å². The third-order valence-corrected chi connectivity index (χ3v) is 3.07. The minimum absolute atomic E-state index is 0.525. The molecule has 1 atom stereocenters. The van der Waals surface area contributed by atoms with Gasteiger partial charge in [-0.25, -0.2) is 0 Å². The molecule has 1 N–H and O–H groups in total. The van der Waals surface area contributed by atoms with Crippen molar-refractivity contribution in [1.29, 1.82) is 0 Å². The van der Waals surface area contributed by atoms with E-state index in [1.807, 2.05) is 25.9 Å². The summed E-state index contributed by atoms with van der Waals surface area (Å²) < 4.78 is 0. The van der Waals surface area contributed by atoms with Crippen molar-refractivity contribution in [1.82, 2.24) is 10.2 Å². The molecular formula is C8H18N2S2. The molecule has 0 saturated heterocycles. The smallest absolute Gasteiger partial charge is 0.168 e. The molecule has 0 aromatic rings. The predicted octanol–water partition coefficient (Wildman–Crippen LogP) is 1.56. The molecular weight excluding hydrogens is 188 g/mol. The molecule has 0 rings (SSSR count). The third kappa shape index (κ3) is 4.16. The quantitative estimate of drug-likeness (QED) is 0.702.